The zero-order valence-corrected chi connectivity index (χ0v) is 33.6. The molecule has 0 atom stereocenters. The Morgan fingerprint density at radius 3 is 1.39 bits per heavy atom. The molecule has 0 unspecified atom stereocenters. The summed E-state index contributed by atoms with van der Waals surface area (Å²) >= 11 is 1.81. The van der Waals surface area contributed by atoms with E-state index in [1.165, 1.54) is 85.2 Å². The van der Waals surface area contributed by atoms with E-state index in [1.54, 1.807) is 0 Å². The molecule has 2 heterocycles. The first-order chi connectivity index (χ1) is 30.2. The van der Waals surface area contributed by atoms with E-state index in [0.29, 0.717) is 17.5 Å². The van der Waals surface area contributed by atoms with Crippen molar-refractivity contribution in [2.45, 2.75) is 0 Å². The molecule has 0 N–H and O–H groups in total. The second kappa shape index (κ2) is 13.4. The van der Waals surface area contributed by atoms with Crippen LogP contribution in [0.5, 0.6) is 0 Å². The van der Waals surface area contributed by atoms with E-state index in [0.717, 1.165) is 27.8 Å². The van der Waals surface area contributed by atoms with Gasteiger partial charge >= 0.3 is 0 Å². The van der Waals surface area contributed by atoms with Crippen molar-refractivity contribution in [3.8, 4) is 55.7 Å². The third-order valence-electron chi connectivity index (χ3n) is 12.4. The van der Waals surface area contributed by atoms with E-state index in [1.807, 2.05) is 29.5 Å². The molecule has 4 heteroatoms. The Morgan fingerprint density at radius 2 is 0.738 bits per heavy atom. The first-order valence-electron chi connectivity index (χ1n) is 20.7. The molecule has 282 valence electrons. The molecule has 0 bridgehead atoms. The lowest BCUT2D eigenvalue weighted by Crippen LogP contribution is -2.00. The number of thiophene rings is 1. The Bertz CT molecular complexity index is 3830. The predicted octanol–water partition coefficient (Wildman–Crippen LogP) is 15.8. The third-order valence-corrected chi connectivity index (χ3v) is 13.6. The number of rotatable bonds is 5. The number of nitrogens with zero attached hydrogens (tertiary/aromatic N) is 3. The molecule has 0 fully saturated rings. The van der Waals surface area contributed by atoms with Gasteiger partial charge in [0.1, 0.15) is 0 Å². The molecule has 0 aliphatic carbocycles. The molecule has 2 aromatic heterocycles. The highest BCUT2D eigenvalue weighted by Crippen LogP contribution is 2.45. The molecule has 0 saturated heterocycles. The first kappa shape index (κ1) is 34.1. The Morgan fingerprint density at radius 1 is 0.262 bits per heavy atom. The van der Waals surface area contributed by atoms with E-state index in [-0.39, 0.29) is 0 Å². The fraction of sp³-hybridized carbons (Fsp3) is 0. The van der Waals surface area contributed by atoms with Crippen LogP contribution < -0.4 is 0 Å². The minimum atomic E-state index is 0.637. The lowest BCUT2D eigenvalue weighted by Gasteiger charge is -2.17. The van der Waals surface area contributed by atoms with Gasteiger partial charge in [-0.25, -0.2) is 15.0 Å². The molecule has 0 radical (unpaired) electrons. The summed E-state index contributed by atoms with van der Waals surface area (Å²) in [5.41, 5.74) is 6.26. The van der Waals surface area contributed by atoms with Crippen molar-refractivity contribution in [1.82, 2.24) is 15.0 Å². The van der Waals surface area contributed by atoms with Crippen LogP contribution in [0.25, 0.3) is 130 Å². The van der Waals surface area contributed by atoms with Gasteiger partial charge in [-0.15, -0.1) is 11.3 Å². The van der Waals surface area contributed by atoms with E-state index < -0.39 is 0 Å². The molecular formula is C57H33N3S. The average Bonchev–Trinajstić information content (AvgIpc) is 3.77. The molecule has 61 heavy (non-hydrogen) atoms. The zero-order chi connectivity index (χ0) is 40.0. The monoisotopic (exact) mass is 791 g/mol. The normalized spacial score (nSPS) is 11.9. The van der Waals surface area contributed by atoms with Crippen LogP contribution in [0.3, 0.4) is 0 Å². The van der Waals surface area contributed by atoms with Crippen molar-refractivity contribution in [2.24, 2.45) is 0 Å². The van der Waals surface area contributed by atoms with Gasteiger partial charge < -0.3 is 0 Å². The van der Waals surface area contributed by atoms with Gasteiger partial charge in [0.15, 0.2) is 17.5 Å². The van der Waals surface area contributed by atoms with Gasteiger partial charge in [-0.2, -0.15) is 0 Å². The smallest absolute Gasteiger partial charge is 0.164 e. The van der Waals surface area contributed by atoms with Crippen LogP contribution in [0.1, 0.15) is 0 Å². The van der Waals surface area contributed by atoms with E-state index in [2.05, 4.69) is 182 Å². The zero-order valence-electron chi connectivity index (χ0n) is 32.8. The number of hydrogen-bond donors (Lipinski definition) is 0. The van der Waals surface area contributed by atoms with Crippen LogP contribution in [0.15, 0.2) is 200 Å². The molecule has 3 nitrogen and oxygen atoms in total. The van der Waals surface area contributed by atoms with Gasteiger partial charge in [0.2, 0.25) is 0 Å². The molecule has 11 aromatic carbocycles. The highest BCUT2D eigenvalue weighted by Gasteiger charge is 2.18. The van der Waals surface area contributed by atoms with Crippen LogP contribution in [0.4, 0.5) is 0 Å². The largest absolute Gasteiger partial charge is 0.208 e. The summed E-state index contributed by atoms with van der Waals surface area (Å²) in [6.07, 6.45) is 0. The number of hydrogen-bond acceptors (Lipinski definition) is 4. The minimum Gasteiger partial charge on any atom is -0.208 e. The molecule has 13 aromatic rings. The van der Waals surface area contributed by atoms with Gasteiger partial charge in [-0.3, -0.25) is 0 Å². The van der Waals surface area contributed by atoms with Gasteiger partial charge in [0.25, 0.3) is 0 Å². The summed E-state index contributed by atoms with van der Waals surface area (Å²) in [6.45, 7) is 0. The van der Waals surface area contributed by atoms with Crippen LogP contribution in [-0.2, 0) is 0 Å². The summed E-state index contributed by atoms with van der Waals surface area (Å²) < 4.78 is 1.29. The van der Waals surface area contributed by atoms with Crippen molar-refractivity contribution in [1.29, 1.82) is 0 Å². The lowest BCUT2D eigenvalue weighted by molar-refractivity contribution is 1.07. The third kappa shape index (κ3) is 5.46. The number of benzene rings is 10. The SMILES string of the molecule is c1ccc(-c2nc(-c3ccc(-c4cc5ccccc5s4)cc3)nc(-c3cccc(-c4cc5ccc6cccc7c8cccc9ccc%10cccc(c(c4)c5c67)c%10c98)c3)n2)cc1. The second-order valence-electron chi connectivity index (χ2n) is 15.9. The maximum atomic E-state index is 5.17. The Labute approximate surface area is 355 Å². The van der Waals surface area contributed by atoms with Gasteiger partial charge in [-0.1, -0.05) is 170 Å². The van der Waals surface area contributed by atoms with Crippen LogP contribution in [-0.4, -0.2) is 15.0 Å². The fourth-order valence-electron chi connectivity index (χ4n) is 9.55. The summed E-state index contributed by atoms with van der Waals surface area (Å²) in [6, 6.07) is 72.4. The molecule has 0 saturated carbocycles. The Hall–Kier alpha value is -7.79. The minimum absolute atomic E-state index is 0.637. The quantitative estimate of drug-likeness (QED) is 0.163. The van der Waals surface area contributed by atoms with Crippen LogP contribution in [0.2, 0.25) is 0 Å². The highest BCUT2D eigenvalue weighted by molar-refractivity contribution is 7.22. The standard InChI is InChI=1S/C57H33N3S/c1-2-10-38(11-3-1)55-58-56(39-27-22-34(23-28-39)50-33-41-12-4-5-21-49(41)61-50)60-57(59-55)43-17-6-16-40(30-43)44-31-42-29-26-37-14-8-19-46-45-18-7-13-35-24-25-36-15-9-20-47(53(36)51(35)45)48(32-44)54(42)52(37)46/h1-33H. The van der Waals surface area contributed by atoms with Crippen LogP contribution >= 0.6 is 11.3 Å². The maximum absolute atomic E-state index is 5.17. The molecule has 13 rings (SSSR count). The number of aromatic nitrogens is 3. The summed E-state index contributed by atoms with van der Waals surface area (Å²) in [5, 5.41) is 16.5. The van der Waals surface area contributed by atoms with Crippen molar-refractivity contribution >= 4 is 86.1 Å². The number of fused-ring (bicyclic) bond motifs is 3. The van der Waals surface area contributed by atoms with E-state index >= 15 is 0 Å². The Balaban J connectivity index is 0.997. The Kier molecular flexibility index (Phi) is 7.47. The van der Waals surface area contributed by atoms with E-state index in [9.17, 15) is 0 Å². The molecule has 0 amide bonds. The molecular weight excluding hydrogens is 759 g/mol. The molecule has 0 aliphatic heterocycles. The van der Waals surface area contributed by atoms with Crippen molar-refractivity contribution < 1.29 is 0 Å². The highest BCUT2D eigenvalue weighted by atomic mass is 32.1. The fourth-order valence-corrected chi connectivity index (χ4v) is 10.6. The average molecular weight is 792 g/mol. The topological polar surface area (TPSA) is 38.7 Å². The summed E-state index contributed by atoms with van der Waals surface area (Å²) in [4.78, 5) is 16.6. The van der Waals surface area contributed by atoms with Gasteiger partial charge in [-0.05, 0) is 117 Å². The van der Waals surface area contributed by atoms with Gasteiger partial charge in [0, 0.05) is 26.3 Å². The van der Waals surface area contributed by atoms with Crippen molar-refractivity contribution in [3.63, 3.8) is 0 Å². The molecule has 0 spiro atoms. The first-order valence-corrected chi connectivity index (χ1v) is 21.5. The van der Waals surface area contributed by atoms with Gasteiger partial charge in [0.05, 0.1) is 0 Å². The lowest BCUT2D eigenvalue weighted by atomic mass is 9.86. The van der Waals surface area contributed by atoms with Crippen LogP contribution in [0, 0.1) is 0 Å². The van der Waals surface area contributed by atoms with Crippen molar-refractivity contribution in [3.05, 3.63) is 200 Å². The maximum Gasteiger partial charge on any atom is 0.164 e. The summed E-state index contributed by atoms with van der Waals surface area (Å²) in [7, 11) is 0. The predicted molar refractivity (Wildman–Crippen MR) is 259 cm³/mol. The summed E-state index contributed by atoms with van der Waals surface area (Å²) in [5.74, 6) is 1.93. The second-order valence-corrected chi connectivity index (χ2v) is 17.0. The molecule has 0 aliphatic rings. The van der Waals surface area contributed by atoms with Crippen molar-refractivity contribution in [2.75, 3.05) is 0 Å². The van der Waals surface area contributed by atoms with E-state index in [4.69, 9.17) is 15.0 Å².